The number of nitrogens with one attached hydrogen (secondary N) is 2. The number of amides is 4. The van der Waals surface area contributed by atoms with Crippen molar-refractivity contribution in [3.8, 4) is 17.2 Å². The molecular formula is C28H23F2N3O7. The van der Waals surface area contributed by atoms with Crippen LogP contribution in [0.2, 0.25) is 0 Å². The molecule has 0 bridgehead atoms. The topological polar surface area (TPSA) is 123 Å². The molecule has 206 valence electrons. The third-order valence-electron chi connectivity index (χ3n) is 6.46. The second-order valence-corrected chi connectivity index (χ2v) is 9.12. The molecule has 0 radical (unpaired) electrons. The van der Waals surface area contributed by atoms with Gasteiger partial charge in [0.15, 0.2) is 0 Å². The highest BCUT2D eigenvalue weighted by Crippen LogP contribution is 2.36. The number of piperidine rings is 1. The molecule has 10 nitrogen and oxygen atoms in total. The van der Waals surface area contributed by atoms with Gasteiger partial charge in [0.05, 0.1) is 12.7 Å². The van der Waals surface area contributed by atoms with Gasteiger partial charge in [-0.05, 0) is 36.2 Å². The zero-order valence-corrected chi connectivity index (χ0v) is 21.2. The highest BCUT2D eigenvalue weighted by molar-refractivity contribution is 6.06. The average Bonchev–Trinajstić information content (AvgIpc) is 3.24. The van der Waals surface area contributed by atoms with E-state index < -0.39 is 35.6 Å². The normalized spacial score (nSPS) is 16.3. The number of hydrogen-bond acceptors (Lipinski definition) is 7. The lowest BCUT2D eigenvalue weighted by molar-refractivity contribution is -0.136. The Labute approximate surface area is 226 Å². The van der Waals surface area contributed by atoms with Crippen LogP contribution < -0.4 is 20.1 Å². The molecular weight excluding hydrogens is 528 g/mol. The first-order valence-corrected chi connectivity index (χ1v) is 12.2. The predicted molar refractivity (Wildman–Crippen MR) is 136 cm³/mol. The van der Waals surface area contributed by atoms with E-state index in [4.69, 9.17) is 14.2 Å². The van der Waals surface area contributed by atoms with Crippen molar-refractivity contribution in [3.63, 3.8) is 0 Å². The Morgan fingerprint density at radius 1 is 1.02 bits per heavy atom. The largest absolute Gasteiger partial charge is 0.495 e. The number of carbonyl (C=O) groups excluding carboxylic acids is 4. The number of ether oxygens (including phenoxy) is 3. The van der Waals surface area contributed by atoms with Crippen LogP contribution in [0.5, 0.6) is 17.2 Å². The minimum absolute atomic E-state index is 0.0142. The molecule has 0 aromatic heterocycles. The van der Waals surface area contributed by atoms with Gasteiger partial charge >= 0.3 is 6.09 Å². The molecule has 2 aliphatic heterocycles. The van der Waals surface area contributed by atoms with Gasteiger partial charge in [0.1, 0.15) is 41.5 Å². The van der Waals surface area contributed by atoms with E-state index in [0.29, 0.717) is 22.6 Å². The van der Waals surface area contributed by atoms with Gasteiger partial charge < -0.3 is 19.1 Å². The summed E-state index contributed by atoms with van der Waals surface area (Å²) in [6.07, 6.45) is -0.399. The fraction of sp³-hybridized carbons (Fsp3) is 0.214. The zero-order valence-electron chi connectivity index (χ0n) is 21.2. The van der Waals surface area contributed by atoms with Gasteiger partial charge in [0.2, 0.25) is 11.8 Å². The van der Waals surface area contributed by atoms with E-state index in [1.807, 2.05) is 0 Å². The summed E-state index contributed by atoms with van der Waals surface area (Å²) in [6.45, 7) is -0.0212. The second kappa shape index (κ2) is 11.0. The van der Waals surface area contributed by atoms with Crippen LogP contribution in [0.3, 0.4) is 0 Å². The van der Waals surface area contributed by atoms with Crippen molar-refractivity contribution >= 4 is 29.5 Å². The van der Waals surface area contributed by atoms with Crippen LogP contribution in [0.4, 0.5) is 19.3 Å². The van der Waals surface area contributed by atoms with Crippen LogP contribution in [-0.4, -0.2) is 41.9 Å². The van der Waals surface area contributed by atoms with Crippen LogP contribution >= 0.6 is 0 Å². The molecule has 4 amide bonds. The molecule has 12 heteroatoms. The number of fused-ring (bicyclic) bond motifs is 1. The summed E-state index contributed by atoms with van der Waals surface area (Å²) in [5, 5.41) is 4.82. The van der Waals surface area contributed by atoms with E-state index in [0.717, 1.165) is 18.2 Å². The van der Waals surface area contributed by atoms with E-state index >= 15 is 0 Å². The van der Waals surface area contributed by atoms with Crippen molar-refractivity contribution in [2.45, 2.75) is 32.0 Å². The lowest BCUT2D eigenvalue weighted by Crippen LogP contribution is -2.52. The molecule has 0 saturated carbocycles. The molecule has 3 aromatic carbocycles. The highest BCUT2D eigenvalue weighted by Gasteiger charge is 2.41. The number of hydrogen-bond donors (Lipinski definition) is 2. The minimum Gasteiger partial charge on any atom is -0.495 e. The zero-order chi connectivity index (χ0) is 28.4. The van der Waals surface area contributed by atoms with E-state index in [2.05, 4.69) is 10.6 Å². The molecule has 1 fully saturated rings. The predicted octanol–water partition coefficient (Wildman–Crippen LogP) is 4.28. The third kappa shape index (κ3) is 5.55. The first-order valence-electron chi connectivity index (χ1n) is 12.2. The Kier molecular flexibility index (Phi) is 7.32. The van der Waals surface area contributed by atoms with E-state index in [-0.39, 0.29) is 49.0 Å². The standard InChI is InChI=1S/C28H23F2N3O7/c1-38-25-16(3-2-15-13-33(27(36)24(15)25)22-8-9-23(34)32-26(22)35)14-39-28(37)31-19-4-6-20(7-5-19)40-21-11-17(29)10-18(30)12-21/h2-7,10-12,22H,8-9,13-14H2,1H3,(H,31,37)(H,32,34,35). The molecule has 3 aromatic rings. The Morgan fingerprint density at radius 2 is 1.75 bits per heavy atom. The van der Waals surface area contributed by atoms with Gasteiger partial charge in [0, 0.05) is 42.4 Å². The van der Waals surface area contributed by atoms with Crippen molar-refractivity contribution in [1.29, 1.82) is 0 Å². The average molecular weight is 552 g/mol. The fourth-order valence-electron chi connectivity index (χ4n) is 4.64. The van der Waals surface area contributed by atoms with Gasteiger partial charge in [0.25, 0.3) is 5.91 Å². The summed E-state index contributed by atoms with van der Waals surface area (Å²) in [7, 11) is 1.39. The summed E-state index contributed by atoms with van der Waals surface area (Å²) >= 11 is 0. The maximum atomic E-state index is 13.4. The third-order valence-corrected chi connectivity index (χ3v) is 6.46. The smallest absolute Gasteiger partial charge is 0.411 e. The van der Waals surface area contributed by atoms with Crippen LogP contribution in [0.25, 0.3) is 0 Å². The fourth-order valence-corrected chi connectivity index (χ4v) is 4.64. The van der Waals surface area contributed by atoms with Crippen molar-refractivity contribution in [3.05, 3.63) is 82.9 Å². The number of imide groups is 1. The van der Waals surface area contributed by atoms with Crippen molar-refractivity contribution in [2.75, 3.05) is 12.4 Å². The Morgan fingerprint density at radius 3 is 2.42 bits per heavy atom. The van der Waals surface area contributed by atoms with Gasteiger partial charge in [-0.1, -0.05) is 12.1 Å². The highest BCUT2D eigenvalue weighted by atomic mass is 19.1. The molecule has 1 unspecified atom stereocenters. The molecule has 5 rings (SSSR count). The maximum absolute atomic E-state index is 13.4. The number of methoxy groups -OCH3 is 1. The number of halogens is 2. The van der Waals surface area contributed by atoms with Crippen LogP contribution in [0.15, 0.2) is 54.6 Å². The molecule has 1 atom stereocenters. The van der Waals surface area contributed by atoms with Crippen LogP contribution in [0.1, 0.15) is 34.3 Å². The van der Waals surface area contributed by atoms with Crippen LogP contribution in [-0.2, 0) is 27.5 Å². The molecule has 2 N–H and O–H groups in total. The molecule has 1 saturated heterocycles. The molecule has 2 heterocycles. The Bertz CT molecular complexity index is 1490. The maximum Gasteiger partial charge on any atom is 0.411 e. The SMILES string of the molecule is COc1c(COC(=O)Nc2ccc(Oc3cc(F)cc(F)c3)cc2)ccc2c1C(=O)N(C1CCC(=O)NC1=O)C2. The molecule has 0 spiro atoms. The van der Waals surface area contributed by atoms with E-state index in [1.165, 1.54) is 36.3 Å². The monoisotopic (exact) mass is 551 g/mol. The number of rotatable bonds is 7. The van der Waals surface area contributed by atoms with E-state index in [1.54, 1.807) is 12.1 Å². The van der Waals surface area contributed by atoms with E-state index in [9.17, 15) is 28.0 Å². The lowest BCUT2D eigenvalue weighted by Gasteiger charge is -2.29. The van der Waals surface area contributed by atoms with Crippen molar-refractivity contribution in [2.24, 2.45) is 0 Å². The summed E-state index contributed by atoms with van der Waals surface area (Å²) in [4.78, 5) is 50.9. The second-order valence-electron chi connectivity index (χ2n) is 9.12. The van der Waals surface area contributed by atoms with Gasteiger partial charge in [-0.2, -0.15) is 0 Å². The molecule has 0 aliphatic carbocycles. The molecule has 40 heavy (non-hydrogen) atoms. The quantitative estimate of drug-likeness (QED) is 0.421. The number of benzene rings is 3. The van der Waals surface area contributed by atoms with Gasteiger partial charge in [-0.3, -0.25) is 25.0 Å². The van der Waals surface area contributed by atoms with Crippen LogP contribution in [0, 0.1) is 11.6 Å². The summed E-state index contributed by atoms with van der Waals surface area (Å²) < 4.78 is 42.9. The summed E-state index contributed by atoms with van der Waals surface area (Å²) in [6, 6.07) is 11.5. The van der Waals surface area contributed by atoms with Crippen molar-refractivity contribution < 1.29 is 42.2 Å². The lowest BCUT2D eigenvalue weighted by atomic mass is 10.0. The first kappa shape index (κ1) is 26.6. The number of carbonyl (C=O) groups is 4. The summed E-state index contributed by atoms with van der Waals surface area (Å²) in [5.41, 5.74) is 1.75. The Balaban J connectivity index is 1.21. The Hall–Kier alpha value is -5.00. The summed E-state index contributed by atoms with van der Waals surface area (Å²) in [5.74, 6) is -2.32. The number of nitrogens with zero attached hydrogens (tertiary/aromatic N) is 1. The number of anilines is 1. The van der Waals surface area contributed by atoms with Gasteiger partial charge in [-0.25, -0.2) is 13.6 Å². The first-order chi connectivity index (χ1) is 19.2. The molecule has 2 aliphatic rings. The van der Waals surface area contributed by atoms with Crippen molar-refractivity contribution in [1.82, 2.24) is 10.2 Å². The van der Waals surface area contributed by atoms with Gasteiger partial charge in [-0.15, -0.1) is 0 Å². The minimum atomic E-state index is -0.778.